The van der Waals surface area contributed by atoms with Crippen LogP contribution < -0.4 is 5.43 Å². The van der Waals surface area contributed by atoms with Crippen molar-refractivity contribution in [3.8, 4) is 4.90 Å². The number of aryl methyl sites for hydroxylation is 1. The number of fused-ring (bicyclic) bond motifs is 3. The predicted octanol–water partition coefficient (Wildman–Crippen LogP) is 6.76. The molecule has 1 heterocycles. The van der Waals surface area contributed by atoms with Crippen LogP contribution in [0.5, 0.6) is 0 Å². The molecule has 3 heteroatoms. The van der Waals surface area contributed by atoms with Crippen LogP contribution in [0.25, 0.3) is 35.8 Å². The van der Waals surface area contributed by atoms with Gasteiger partial charge in [-0.3, -0.25) is 9.59 Å². The zero-order chi connectivity index (χ0) is 20.1. The van der Waals surface area contributed by atoms with Crippen LogP contribution in [0.1, 0.15) is 22.8 Å². The van der Waals surface area contributed by atoms with Gasteiger partial charge in [-0.15, -0.1) is 0 Å². The molecule has 5 aromatic rings. The average molecular weight is 396 g/mol. The molecule has 2 nitrogen and oxygen atoms in total. The predicted molar refractivity (Wildman–Crippen MR) is 124 cm³/mol. The van der Waals surface area contributed by atoms with E-state index in [1.165, 1.54) is 17.4 Å². The molecule has 0 amide bonds. The fourth-order valence-corrected chi connectivity index (χ4v) is 6.21. The van der Waals surface area contributed by atoms with Crippen molar-refractivity contribution in [1.29, 1.82) is 0 Å². The highest BCUT2D eigenvalue weighted by molar-refractivity contribution is 7.49. The molecule has 0 N–H and O–H groups in total. The number of Topliss-reactive ketones (excluding diaryl/α,β-unsaturated/α-hetero) is 1. The molecule has 0 aliphatic carbocycles. The second-order valence-electron chi connectivity index (χ2n) is 7.41. The van der Waals surface area contributed by atoms with Crippen molar-refractivity contribution >= 4 is 47.2 Å². The molecule has 5 rings (SSSR count). The van der Waals surface area contributed by atoms with Gasteiger partial charge in [0.15, 0.2) is 20.1 Å². The van der Waals surface area contributed by atoms with Crippen LogP contribution in [0.2, 0.25) is 0 Å². The van der Waals surface area contributed by atoms with Gasteiger partial charge in [0.1, 0.15) is 0 Å². The molecule has 0 bridgehead atoms. The van der Waals surface area contributed by atoms with Crippen LogP contribution in [-0.2, 0) is 0 Å². The first kappa shape index (κ1) is 17.8. The van der Waals surface area contributed by atoms with Gasteiger partial charge in [0.2, 0.25) is 5.43 Å². The minimum absolute atomic E-state index is 0.000264. The smallest absolute Gasteiger partial charge is 0.204 e. The molecule has 1 atom stereocenters. The average Bonchev–Trinajstić information content (AvgIpc) is 2.74. The first-order valence-electron chi connectivity index (χ1n) is 9.56. The normalized spacial score (nSPS) is 12.0. The first-order chi connectivity index (χ1) is 14.0. The van der Waals surface area contributed by atoms with Gasteiger partial charge in [-0.2, -0.15) is 0 Å². The third-order valence-electron chi connectivity index (χ3n) is 5.42. The number of carbonyl (C=O) groups excluding carboxylic acids is 1. The van der Waals surface area contributed by atoms with E-state index in [1.54, 1.807) is 6.07 Å². The standard InChI is InChI=1S/C26H19O2S/c1-16-7-10-21(11-8-16)29-24-12-9-18(17(2)27)13-22(24)26(28)23-14-19-5-3-4-6-20(19)15-25(23)29/h3-15H,1-2H3/q+1. The quantitative estimate of drug-likeness (QED) is 0.188. The van der Waals surface area contributed by atoms with E-state index in [4.69, 9.17) is 0 Å². The van der Waals surface area contributed by atoms with E-state index in [1.807, 2.05) is 36.4 Å². The van der Waals surface area contributed by atoms with E-state index in [-0.39, 0.29) is 11.2 Å². The number of rotatable bonds is 2. The zero-order valence-electron chi connectivity index (χ0n) is 16.2. The van der Waals surface area contributed by atoms with Crippen molar-refractivity contribution in [2.75, 3.05) is 0 Å². The van der Waals surface area contributed by atoms with Crippen LogP contribution in [0.15, 0.2) is 83.7 Å². The summed E-state index contributed by atoms with van der Waals surface area (Å²) in [5.74, 6) is -0.0277. The van der Waals surface area contributed by atoms with Crippen LogP contribution in [0.4, 0.5) is 0 Å². The van der Waals surface area contributed by atoms with Gasteiger partial charge >= 0.3 is 0 Å². The zero-order valence-corrected chi connectivity index (χ0v) is 17.0. The van der Waals surface area contributed by atoms with Crippen molar-refractivity contribution in [3.63, 3.8) is 0 Å². The van der Waals surface area contributed by atoms with Crippen molar-refractivity contribution < 1.29 is 4.79 Å². The summed E-state index contributed by atoms with van der Waals surface area (Å²) >= 11 is 0. The van der Waals surface area contributed by atoms with Crippen LogP contribution in [-0.4, -0.2) is 5.78 Å². The fourth-order valence-electron chi connectivity index (χ4n) is 3.86. The van der Waals surface area contributed by atoms with Gasteiger partial charge in [-0.05, 0) is 61.0 Å². The summed E-state index contributed by atoms with van der Waals surface area (Å²) in [4.78, 5) is 26.6. The molecule has 1 unspecified atom stereocenters. The van der Waals surface area contributed by atoms with Crippen molar-refractivity contribution in [2.45, 2.75) is 13.8 Å². The molecule has 29 heavy (non-hydrogen) atoms. The highest BCUT2D eigenvalue weighted by atomic mass is 32.2. The molecule has 0 spiro atoms. The number of hydrogen-bond acceptors (Lipinski definition) is 2. The van der Waals surface area contributed by atoms with Gasteiger partial charge in [0.25, 0.3) is 0 Å². The molecular weight excluding hydrogens is 376 g/mol. The van der Waals surface area contributed by atoms with E-state index in [0.29, 0.717) is 10.9 Å². The summed E-state index contributed by atoms with van der Waals surface area (Å²) < 4.78 is 2.05. The van der Waals surface area contributed by atoms with E-state index >= 15 is 0 Å². The minimum atomic E-state index is -0.397. The highest BCUT2D eigenvalue weighted by Crippen LogP contribution is 2.44. The maximum Gasteiger partial charge on any atom is 0.204 e. The minimum Gasteiger partial charge on any atom is -0.295 e. The summed E-state index contributed by atoms with van der Waals surface area (Å²) in [7, 11) is -0.397. The molecule has 4 aromatic carbocycles. The van der Waals surface area contributed by atoms with Crippen molar-refractivity contribution in [3.05, 3.63) is 100 Å². The Bertz CT molecular complexity index is 1490. The van der Waals surface area contributed by atoms with Gasteiger partial charge in [-0.1, -0.05) is 42.0 Å². The monoisotopic (exact) mass is 395 g/mol. The molecule has 1 aromatic heterocycles. The first-order valence-corrected chi connectivity index (χ1v) is 10.8. The second kappa shape index (κ2) is 6.64. The maximum absolute atomic E-state index is 13.5. The highest BCUT2D eigenvalue weighted by Gasteiger charge is 2.24. The Morgan fingerprint density at radius 1 is 0.759 bits per heavy atom. The summed E-state index contributed by atoms with van der Waals surface area (Å²) in [5.41, 5.74) is 1.78. The molecule has 0 fully saturated rings. The second-order valence-corrected chi connectivity index (χ2v) is 9.37. The molecule has 0 aliphatic heterocycles. The van der Waals surface area contributed by atoms with Gasteiger partial charge in [0, 0.05) is 22.1 Å². The Kier molecular flexibility index (Phi) is 4.07. The summed E-state index contributed by atoms with van der Waals surface area (Å²) in [5, 5.41) is 3.57. The lowest BCUT2D eigenvalue weighted by molar-refractivity contribution is 0.101. The number of carbonyl (C=O) groups is 1. The third-order valence-corrected chi connectivity index (χ3v) is 7.74. The van der Waals surface area contributed by atoms with Gasteiger partial charge in [-0.25, -0.2) is 0 Å². The van der Waals surface area contributed by atoms with Crippen LogP contribution in [0, 0.1) is 6.92 Å². The van der Waals surface area contributed by atoms with Crippen molar-refractivity contribution in [1.82, 2.24) is 0 Å². The lowest BCUT2D eigenvalue weighted by Gasteiger charge is -2.06. The molecule has 0 saturated carbocycles. The Morgan fingerprint density at radius 2 is 1.41 bits per heavy atom. The Balaban J connectivity index is 2.02. The Hall–Kier alpha value is -3.30. The molecule has 140 valence electrons. The van der Waals surface area contributed by atoms with E-state index in [0.717, 1.165) is 25.6 Å². The summed E-state index contributed by atoms with van der Waals surface area (Å²) in [6.45, 7) is 3.61. The molecule has 0 saturated heterocycles. The topological polar surface area (TPSA) is 34.1 Å². The van der Waals surface area contributed by atoms with E-state index in [2.05, 4.69) is 43.3 Å². The van der Waals surface area contributed by atoms with E-state index in [9.17, 15) is 9.59 Å². The SMILES string of the molecule is CC(=O)c1ccc2c(c1)c(=O)c1cc3ccccc3cc1[s+]2-c1ccc(C)cc1. The lowest BCUT2D eigenvalue weighted by atomic mass is 10.1. The maximum atomic E-state index is 13.5. The summed E-state index contributed by atoms with van der Waals surface area (Å²) in [6, 6.07) is 26.4. The summed E-state index contributed by atoms with van der Waals surface area (Å²) in [6.07, 6.45) is 0. The lowest BCUT2D eigenvalue weighted by Crippen LogP contribution is -2.04. The molecule has 0 aliphatic rings. The fraction of sp³-hybridized carbons (Fsp3) is 0.0769. The van der Waals surface area contributed by atoms with Gasteiger partial charge in [0.05, 0.1) is 10.8 Å². The Labute approximate surface area is 171 Å². The Morgan fingerprint density at radius 3 is 2.10 bits per heavy atom. The largest absolute Gasteiger partial charge is 0.295 e. The van der Waals surface area contributed by atoms with Crippen LogP contribution in [0.3, 0.4) is 0 Å². The number of ketones is 1. The third kappa shape index (κ3) is 2.86. The molecule has 0 radical (unpaired) electrons. The van der Waals surface area contributed by atoms with E-state index < -0.39 is 10.5 Å². The van der Waals surface area contributed by atoms with Crippen LogP contribution >= 0.6 is 10.5 Å². The van der Waals surface area contributed by atoms with Crippen molar-refractivity contribution in [2.24, 2.45) is 0 Å². The molecular formula is C26H19O2S+. The van der Waals surface area contributed by atoms with Gasteiger partial charge < -0.3 is 0 Å². The number of hydrogen-bond donors (Lipinski definition) is 0. The number of benzene rings is 4.